The molecule has 0 aromatic carbocycles. The van der Waals surface area contributed by atoms with Crippen molar-refractivity contribution in [3.8, 4) is 0 Å². The largest absolute Gasteiger partial charge is 0.310 e. The smallest absolute Gasteiger partial charge is 0.0363 e. The summed E-state index contributed by atoms with van der Waals surface area (Å²) in [5.74, 6) is 0. The molecular weight excluding hydrogens is 110 g/mol. The lowest BCUT2D eigenvalue weighted by molar-refractivity contribution is 0.479. The maximum atomic E-state index is 3.40. The van der Waals surface area contributed by atoms with E-state index in [-0.39, 0.29) is 0 Å². The van der Waals surface area contributed by atoms with Crippen molar-refractivity contribution in [3.05, 3.63) is 6.04 Å². The Morgan fingerprint density at radius 1 is 1.22 bits per heavy atom. The summed E-state index contributed by atoms with van der Waals surface area (Å²) in [7, 11) is 0. The molecule has 53 valence electrons. The Morgan fingerprint density at radius 2 is 1.89 bits per heavy atom. The molecule has 1 radical (unpaired) electrons. The van der Waals surface area contributed by atoms with Gasteiger partial charge in [-0.05, 0) is 19.4 Å². The van der Waals surface area contributed by atoms with Crippen molar-refractivity contribution in [1.82, 2.24) is 5.32 Å². The molecule has 0 amide bonds. The van der Waals surface area contributed by atoms with Crippen LogP contribution >= 0.6 is 0 Å². The van der Waals surface area contributed by atoms with Crippen molar-refractivity contribution >= 4 is 0 Å². The number of nitrogens with one attached hydrogen (secondary N) is 1. The van der Waals surface area contributed by atoms with E-state index in [2.05, 4.69) is 12.2 Å². The quantitative estimate of drug-likeness (QED) is 0.597. The minimum atomic E-state index is 1.11. The van der Waals surface area contributed by atoms with E-state index in [1.165, 1.54) is 32.1 Å². The van der Waals surface area contributed by atoms with Crippen molar-refractivity contribution < 1.29 is 0 Å². The molecule has 1 saturated carbocycles. The van der Waals surface area contributed by atoms with Gasteiger partial charge in [0.05, 0.1) is 0 Å². The number of hydrogen-bond acceptors (Lipinski definition) is 1. The minimum absolute atomic E-state index is 1.11. The van der Waals surface area contributed by atoms with Gasteiger partial charge in [0.1, 0.15) is 0 Å². The molecule has 1 aliphatic carbocycles. The normalized spacial score (nSPS) is 22.3. The molecule has 0 aromatic rings. The van der Waals surface area contributed by atoms with Gasteiger partial charge >= 0.3 is 0 Å². The molecule has 9 heavy (non-hydrogen) atoms. The van der Waals surface area contributed by atoms with Gasteiger partial charge in [0.15, 0.2) is 0 Å². The van der Waals surface area contributed by atoms with Gasteiger partial charge in [-0.2, -0.15) is 0 Å². The fourth-order valence-corrected chi connectivity index (χ4v) is 1.41. The van der Waals surface area contributed by atoms with Crippen LogP contribution in [0.15, 0.2) is 0 Å². The zero-order valence-corrected chi connectivity index (χ0v) is 6.24. The van der Waals surface area contributed by atoms with Crippen LogP contribution in [-0.2, 0) is 0 Å². The van der Waals surface area contributed by atoms with Crippen LogP contribution in [0.2, 0.25) is 0 Å². The summed E-state index contributed by atoms with van der Waals surface area (Å²) in [6.07, 6.45) is 6.90. The van der Waals surface area contributed by atoms with Gasteiger partial charge in [-0.1, -0.05) is 26.2 Å². The van der Waals surface area contributed by atoms with Gasteiger partial charge in [-0.15, -0.1) is 0 Å². The molecule has 0 aliphatic heterocycles. The van der Waals surface area contributed by atoms with Crippen molar-refractivity contribution in [2.45, 2.75) is 39.0 Å². The molecule has 0 saturated heterocycles. The van der Waals surface area contributed by atoms with Gasteiger partial charge in [-0.25, -0.2) is 0 Å². The lowest BCUT2D eigenvalue weighted by atomic mass is 9.96. The average Bonchev–Trinajstić information content (AvgIpc) is 1.91. The second-order valence-electron chi connectivity index (χ2n) is 2.69. The third-order valence-electron chi connectivity index (χ3n) is 1.88. The zero-order valence-electron chi connectivity index (χ0n) is 6.24. The van der Waals surface area contributed by atoms with Gasteiger partial charge in [0.2, 0.25) is 0 Å². The highest BCUT2D eigenvalue weighted by atomic mass is 14.9. The molecule has 0 unspecified atom stereocenters. The molecule has 0 bridgehead atoms. The van der Waals surface area contributed by atoms with E-state index in [9.17, 15) is 0 Å². The third kappa shape index (κ3) is 2.35. The first-order valence-electron chi connectivity index (χ1n) is 4.02. The van der Waals surface area contributed by atoms with E-state index < -0.39 is 0 Å². The van der Waals surface area contributed by atoms with Gasteiger partial charge in [0, 0.05) is 6.04 Å². The van der Waals surface area contributed by atoms with Gasteiger partial charge < -0.3 is 5.32 Å². The summed E-state index contributed by atoms with van der Waals surface area (Å²) < 4.78 is 0. The molecule has 1 heteroatoms. The van der Waals surface area contributed by atoms with E-state index in [1.54, 1.807) is 6.04 Å². The van der Waals surface area contributed by atoms with Crippen LogP contribution in [-0.4, -0.2) is 6.54 Å². The van der Waals surface area contributed by atoms with E-state index in [4.69, 9.17) is 0 Å². The maximum absolute atomic E-state index is 3.40. The molecule has 0 heterocycles. The summed E-state index contributed by atoms with van der Waals surface area (Å²) in [5.41, 5.74) is 0. The standard InChI is InChI=1S/C8H16N/c1-2-9-8-6-4-3-5-7-8/h9H,2-7H2,1H3. The van der Waals surface area contributed by atoms with E-state index >= 15 is 0 Å². The Morgan fingerprint density at radius 3 is 2.44 bits per heavy atom. The van der Waals surface area contributed by atoms with E-state index in [0.29, 0.717) is 0 Å². The molecule has 1 N–H and O–H groups in total. The Hall–Kier alpha value is -0.0400. The van der Waals surface area contributed by atoms with Crippen LogP contribution in [0, 0.1) is 6.04 Å². The number of hydrogen-bond donors (Lipinski definition) is 1. The molecule has 1 aliphatic rings. The van der Waals surface area contributed by atoms with Crippen LogP contribution in [0.25, 0.3) is 0 Å². The first kappa shape index (κ1) is 7.07. The summed E-state index contributed by atoms with van der Waals surface area (Å²) >= 11 is 0. The average molecular weight is 126 g/mol. The SMILES string of the molecule is CCN[C]1CCCCC1. The zero-order chi connectivity index (χ0) is 6.53. The summed E-state index contributed by atoms with van der Waals surface area (Å²) in [5, 5.41) is 3.40. The second-order valence-corrected chi connectivity index (χ2v) is 2.69. The van der Waals surface area contributed by atoms with E-state index in [1.807, 2.05) is 0 Å². The first-order valence-corrected chi connectivity index (χ1v) is 4.02. The fourth-order valence-electron chi connectivity index (χ4n) is 1.41. The van der Waals surface area contributed by atoms with Crippen molar-refractivity contribution in [1.29, 1.82) is 0 Å². The highest BCUT2D eigenvalue weighted by Gasteiger charge is 2.11. The Balaban J connectivity index is 2.08. The van der Waals surface area contributed by atoms with Gasteiger partial charge in [0.25, 0.3) is 0 Å². The lowest BCUT2D eigenvalue weighted by Crippen LogP contribution is -2.22. The molecule has 1 fully saturated rings. The Labute approximate surface area is 57.8 Å². The summed E-state index contributed by atoms with van der Waals surface area (Å²) in [6, 6.07) is 1.59. The Bertz CT molecular complexity index is 62.2. The highest BCUT2D eigenvalue weighted by molar-refractivity contribution is 4.88. The Kier molecular flexibility index (Phi) is 3.05. The molecule has 0 spiro atoms. The van der Waals surface area contributed by atoms with Crippen molar-refractivity contribution in [2.24, 2.45) is 0 Å². The predicted molar refractivity (Wildman–Crippen MR) is 40.0 cm³/mol. The third-order valence-corrected chi connectivity index (χ3v) is 1.88. The van der Waals surface area contributed by atoms with Gasteiger partial charge in [-0.3, -0.25) is 0 Å². The summed E-state index contributed by atoms with van der Waals surface area (Å²) in [4.78, 5) is 0. The maximum Gasteiger partial charge on any atom is 0.0363 e. The lowest BCUT2D eigenvalue weighted by Gasteiger charge is -2.20. The monoisotopic (exact) mass is 126 g/mol. The minimum Gasteiger partial charge on any atom is -0.310 e. The fraction of sp³-hybridized carbons (Fsp3) is 0.875. The molecular formula is C8H16N. The molecule has 0 atom stereocenters. The highest BCUT2D eigenvalue weighted by Crippen LogP contribution is 2.22. The second kappa shape index (κ2) is 3.89. The molecule has 0 aromatic heterocycles. The van der Waals surface area contributed by atoms with Crippen LogP contribution in [0.4, 0.5) is 0 Å². The first-order chi connectivity index (χ1) is 4.43. The van der Waals surface area contributed by atoms with Crippen LogP contribution in [0.5, 0.6) is 0 Å². The van der Waals surface area contributed by atoms with Crippen molar-refractivity contribution in [2.75, 3.05) is 6.54 Å². The van der Waals surface area contributed by atoms with Crippen molar-refractivity contribution in [3.63, 3.8) is 0 Å². The summed E-state index contributed by atoms with van der Waals surface area (Å²) in [6.45, 7) is 3.27. The number of rotatable bonds is 2. The topological polar surface area (TPSA) is 12.0 Å². The molecule has 1 rings (SSSR count). The van der Waals surface area contributed by atoms with Crippen LogP contribution < -0.4 is 5.32 Å². The predicted octanol–water partition coefficient (Wildman–Crippen LogP) is 2.09. The van der Waals surface area contributed by atoms with Crippen LogP contribution in [0.1, 0.15) is 39.0 Å². The van der Waals surface area contributed by atoms with E-state index in [0.717, 1.165) is 6.54 Å². The van der Waals surface area contributed by atoms with Crippen LogP contribution in [0.3, 0.4) is 0 Å². The molecule has 1 nitrogen and oxygen atoms in total.